The molecule has 9 nitrogen and oxygen atoms in total. The van der Waals surface area contributed by atoms with Crippen LogP contribution in [0.1, 0.15) is 39.5 Å². The van der Waals surface area contributed by atoms with E-state index in [1.54, 1.807) is 13.8 Å². The van der Waals surface area contributed by atoms with E-state index >= 15 is 0 Å². The van der Waals surface area contributed by atoms with Gasteiger partial charge in [-0.05, 0) is 31.0 Å². The van der Waals surface area contributed by atoms with Crippen molar-refractivity contribution in [3.63, 3.8) is 0 Å². The van der Waals surface area contributed by atoms with Crippen LogP contribution in [0.25, 0.3) is 0 Å². The third-order valence-electron chi connectivity index (χ3n) is 4.14. The molecule has 0 saturated carbocycles. The molecule has 0 fully saturated rings. The first-order valence-corrected chi connectivity index (χ1v) is 11.7. The van der Waals surface area contributed by atoms with Gasteiger partial charge >= 0.3 is 5.97 Å². The number of ether oxygens (including phenoxy) is 1. The fourth-order valence-electron chi connectivity index (χ4n) is 2.73. The van der Waals surface area contributed by atoms with Crippen LogP contribution in [0, 0.1) is 10.1 Å². The van der Waals surface area contributed by atoms with E-state index in [0.717, 1.165) is 30.3 Å². The Labute approximate surface area is 195 Å². The Morgan fingerprint density at radius 3 is 2.19 bits per heavy atom. The van der Waals surface area contributed by atoms with Crippen molar-refractivity contribution in [2.45, 2.75) is 44.4 Å². The molecule has 0 aliphatic heterocycles. The fourth-order valence-corrected chi connectivity index (χ4v) is 4.75. The van der Waals surface area contributed by atoms with Crippen molar-refractivity contribution in [1.82, 2.24) is 0 Å². The molecule has 172 valence electrons. The highest BCUT2D eigenvalue weighted by atomic mass is 35.5. The van der Waals surface area contributed by atoms with Crippen molar-refractivity contribution in [3.8, 4) is 5.75 Å². The second-order valence-electron chi connectivity index (χ2n) is 6.63. The minimum atomic E-state index is -4.56. The van der Waals surface area contributed by atoms with Crippen molar-refractivity contribution in [3.05, 3.63) is 56.6 Å². The Bertz CT molecular complexity index is 1130. The molecule has 12 heteroatoms. The zero-order chi connectivity index (χ0) is 24.1. The minimum absolute atomic E-state index is 0.122. The molecule has 0 N–H and O–H groups in total. The topological polar surface area (TPSA) is 124 Å². The summed E-state index contributed by atoms with van der Waals surface area (Å²) in [4.78, 5) is 34.5. The summed E-state index contributed by atoms with van der Waals surface area (Å²) in [7, 11) is -4.56. The first-order valence-electron chi connectivity index (χ1n) is 9.55. The molecule has 0 aliphatic rings. The Morgan fingerprint density at radius 2 is 1.66 bits per heavy atom. The number of esters is 1. The van der Waals surface area contributed by atoms with Crippen LogP contribution >= 0.6 is 23.2 Å². The number of hydrogen-bond donors (Lipinski definition) is 0. The summed E-state index contributed by atoms with van der Waals surface area (Å²) < 4.78 is 32.2. The van der Waals surface area contributed by atoms with Gasteiger partial charge in [-0.2, -0.15) is 0 Å². The van der Waals surface area contributed by atoms with Crippen LogP contribution < -0.4 is 9.04 Å². The Kier molecular flexibility index (Phi) is 8.59. The van der Waals surface area contributed by atoms with E-state index < -0.39 is 37.4 Å². The Hall–Kier alpha value is -2.69. The van der Waals surface area contributed by atoms with Crippen LogP contribution in [-0.4, -0.2) is 25.2 Å². The third-order valence-corrected chi connectivity index (χ3v) is 6.45. The molecule has 32 heavy (non-hydrogen) atoms. The highest BCUT2D eigenvalue weighted by molar-refractivity contribution is 7.93. The van der Waals surface area contributed by atoms with Gasteiger partial charge in [0.1, 0.15) is 0 Å². The third kappa shape index (κ3) is 5.76. The lowest BCUT2D eigenvalue weighted by molar-refractivity contribution is -0.385. The van der Waals surface area contributed by atoms with Crippen molar-refractivity contribution < 1.29 is 27.7 Å². The number of nitrogens with zero attached hydrogens (tertiary/aromatic N) is 2. The molecular formula is C20H20Cl2N2O7S. The van der Waals surface area contributed by atoms with Crippen LogP contribution in [0.3, 0.4) is 0 Å². The number of rotatable bonds is 9. The molecule has 0 unspecified atom stereocenters. The number of non-ortho nitro benzene ring substituents is 1. The predicted molar refractivity (Wildman–Crippen MR) is 120 cm³/mol. The predicted octanol–water partition coefficient (Wildman–Crippen LogP) is 5.13. The molecule has 0 heterocycles. The fraction of sp³-hybridized carbons (Fsp3) is 0.300. The first-order chi connectivity index (χ1) is 15.0. The number of halogens is 2. The SMILES string of the molecule is CCCC(=O)Oc1c(Cl)cc(N(C(=O)CCC)S(=O)(=O)c2cccc([N+](=O)[O-])c2)cc1Cl. The van der Waals surface area contributed by atoms with Gasteiger partial charge in [-0.3, -0.25) is 19.7 Å². The van der Waals surface area contributed by atoms with E-state index in [9.17, 15) is 28.1 Å². The molecular weight excluding hydrogens is 483 g/mol. The van der Waals surface area contributed by atoms with E-state index in [0.29, 0.717) is 17.1 Å². The van der Waals surface area contributed by atoms with Gasteiger partial charge in [-0.25, -0.2) is 12.7 Å². The number of hydrogen-bond acceptors (Lipinski definition) is 7. The summed E-state index contributed by atoms with van der Waals surface area (Å²) in [6.07, 6.45) is 0.869. The van der Waals surface area contributed by atoms with Gasteiger partial charge in [-0.1, -0.05) is 43.1 Å². The average molecular weight is 503 g/mol. The van der Waals surface area contributed by atoms with Gasteiger partial charge in [0, 0.05) is 25.0 Å². The lowest BCUT2D eigenvalue weighted by atomic mass is 10.2. The van der Waals surface area contributed by atoms with E-state index in [1.165, 1.54) is 6.07 Å². The molecule has 2 aromatic carbocycles. The number of amides is 1. The summed E-state index contributed by atoms with van der Waals surface area (Å²) >= 11 is 12.4. The standard InChI is InChI=1S/C20H20Cl2N2O7S/c1-3-6-18(25)23(32(29,30)15-9-5-8-13(10-15)24(27)28)14-11-16(21)20(17(22)12-14)31-19(26)7-4-2/h5,8-12H,3-4,6-7H2,1-2H3. The van der Waals surface area contributed by atoms with Gasteiger partial charge in [0.05, 0.1) is 25.6 Å². The van der Waals surface area contributed by atoms with Gasteiger partial charge < -0.3 is 4.74 Å². The molecule has 0 radical (unpaired) electrons. The normalized spacial score (nSPS) is 11.1. The van der Waals surface area contributed by atoms with E-state index in [2.05, 4.69) is 0 Å². The van der Waals surface area contributed by atoms with E-state index in [4.69, 9.17) is 27.9 Å². The monoisotopic (exact) mass is 502 g/mol. The van der Waals surface area contributed by atoms with Crippen LogP contribution in [0.15, 0.2) is 41.3 Å². The van der Waals surface area contributed by atoms with Crippen molar-refractivity contribution in [2.75, 3.05) is 4.31 Å². The Balaban J connectivity index is 2.61. The minimum Gasteiger partial charge on any atom is -0.423 e. The number of nitro groups is 1. The number of nitro benzene ring substituents is 1. The molecule has 2 rings (SSSR count). The summed E-state index contributed by atoms with van der Waals surface area (Å²) in [6.45, 7) is 3.47. The van der Waals surface area contributed by atoms with Gasteiger partial charge in [0.2, 0.25) is 5.91 Å². The Morgan fingerprint density at radius 1 is 1.06 bits per heavy atom. The lowest BCUT2D eigenvalue weighted by Crippen LogP contribution is -2.37. The van der Waals surface area contributed by atoms with Crippen LogP contribution in [-0.2, 0) is 19.6 Å². The lowest BCUT2D eigenvalue weighted by Gasteiger charge is -2.23. The zero-order valence-corrected chi connectivity index (χ0v) is 19.5. The van der Waals surface area contributed by atoms with Gasteiger partial charge in [0.15, 0.2) is 5.75 Å². The highest BCUT2D eigenvalue weighted by Crippen LogP contribution is 2.39. The second-order valence-corrected chi connectivity index (χ2v) is 9.23. The summed E-state index contributed by atoms with van der Waals surface area (Å²) in [5.41, 5.74) is -0.650. The zero-order valence-electron chi connectivity index (χ0n) is 17.2. The number of carbonyl (C=O) groups is 2. The second kappa shape index (κ2) is 10.8. The largest absolute Gasteiger partial charge is 0.423 e. The molecule has 0 bridgehead atoms. The average Bonchev–Trinajstić information content (AvgIpc) is 2.71. The van der Waals surface area contributed by atoms with Crippen molar-refractivity contribution in [2.24, 2.45) is 0 Å². The van der Waals surface area contributed by atoms with Gasteiger partial charge in [0.25, 0.3) is 15.7 Å². The summed E-state index contributed by atoms with van der Waals surface area (Å²) in [6, 6.07) is 6.58. The van der Waals surface area contributed by atoms with Gasteiger partial charge in [-0.15, -0.1) is 0 Å². The quantitative estimate of drug-likeness (QED) is 0.201. The van der Waals surface area contributed by atoms with E-state index in [-0.39, 0.29) is 34.3 Å². The molecule has 0 spiro atoms. The number of anilines is 1. The maximum absolute atomic E-state index is 13.3. The van der Waals surface area contributed by atoms with E-state index in [1.807, 2.05) is 0 Å². The molecule has 0 atom stereocenters. The summed E-state index contributed by atoms with van der Waals surface area (Å²) in [5.74, 6) is -1.53. The molecule has 0 aliphatic carbocycles. The van der Waals surface area contributed by atoms with Crippen LogP contribution in [0.2, 0.25) is 10.0 Å². The number of carbonyl (C=O) groups excluding carboxylic acids is 2. The summed E-state index contributed by atoms with van der Waals surface area (Å²) in [5, 5.41) is 10.7. The molecule has 0 aromatic heterocycles. The smallest absolute Gasteiger partial charge is 0.311 e. The van der Waals surface area contributed by atoms with Crippen molar-refractivity contribution >= 4 is 56.5 Å². The van der Waals surface area contributed by atoms with Crippen LogP contribution in [0.5, 0.6) is 5.75 Å². The maximum atomic E-state index is 13.3. The van der Waals surface area contributed by atoms with Crippen LogP contribution in [0.4, 0.5) is 11.4 Å². The highest BCUT2D eigenvalue weighted by Gasteiger charge is 2.32. The number of benzene rings is 2. The molecule has 2 aromatic rings. The molecule has 0 saturated heterocycles. The number of sulfonamides is 1. The maximum Gasteiger partial charge on any atom is 0.311 e. The molecule has 1 amide bonds. The first kappa shape index (κ1) is 25.6. The van der Waals surface area contributed by atoms with Crippen molar-refractivity contribution in [1.29, 1.82) is 0 Å².